The lowest BCUT2D eigenvalue weighted by Gasteiger charge is -2.41. The van der Waals surface area contributed by atoms with Gasteiger partial charge in [-0.2, -0.15) is 5.26 Å². The van der Waals surface area contributed by atoms with Gasteiger partial charge >= 0.3 is 0 Å². The molecule has 3 rings (SSSR count). The first-order valence-corrected chi connectivity index (χ1v) is 7.28. The van der Waals surface area contributed by atoms with E-state index in [1.807, 2.05) is 0 Å². The highest BCUT2D eigenvalue weighted by Crippen LogP contribution is 2.35. The van der Waals surface area contributed by atoms with E-state index < -0.39 is 0 Å². The third-order valence-corrected chi connectivity index (χ3v) is 4.08. The van der Waals surface area contributed by atoms with E-state index >= 15 is 0 Å². The van der Waals surface area contributed by atoms with Gasteiger partial charge < -0.3 is 19.4 Å². The number of aryl methyl sites for hydroxylation is 1. The van der Waals surface area contributed by atoms with Crippen LogP contribution < -0.4 is 9.64 Å². The maximum absolute atomic E-state index is 8.93. The lowest BCUT2D eigenvalue weighted by molar-refractivity contribution is 0.203. The molecule has 1 aromatic rings. The maximum Gasteiger partial charge on any atom is 0.179 e. The third-order valence-electron chi connectivity index (χ3n) is 4.08. The van der Waals surface area contributed by atoms with Crippen molar-refractivity contribution < 1.29 is 4.74 Å². The van der Waals surface area contributed by atoms with E-state index in [0.29, 0.717) is 6.61 Å². The Hall–Kier alpha value is -2.35. The summed E-state index contributed by atoms with van der Waals surface area (Å²) in [7, 11) is 0. The number of hydrogen-bond acceptors (Lipinski definition) is 5. The zero-order chi connectivity index (χ0) is 14.8. The molecule has 0 saturated carbocycles. The second-order valence-corrected chi connectivity index (χ2v) is 5.46. The van der Waals surface area contributed by atoms with E-state index in [4.69, 9.17) is 10.00 Å². The molecule has 0 spiro atoms. The van der Waals surface area contributed by atoms with Crippen LogP contribution in [0.4, 0.5) is 5.69 Å². The Kier molecular flexibility index (Phi) is 3.61. The second-order valence-electron chi connectivity index (χ2n) is 5.46. The van der Waals surface area contributed by atoms with Crippen LogP contribution in [0.3, 0.4) is 0 Å². The number of nitrogens with zero attached hydrogens (tertiary/aromatic N) is 4. The normalized spacial score (nSPS) is 17.8. The topological polar surface area (TPSA) is 42.7 Å². The van der Waals surface area contributed by atoms with Gasteiger partial charge in [-0.15, -0.1) is 0 Å². The standard InChI is InChI=1S/C16H20N4O/c1-13-3-4-15-16(11-13)21-10-9-20(15)14(2)19-7-5-18(12-17)6-8-19/h3-4,11H,2,5-10H2,1H3. The van der Waals surface area contributed by atoms with Crippen molar-refractivity contribution in [3.8, 4) is 11.9 Å². The fourth-order valence-electron chi connectivity index (χ4n) is 2.83. The SMILES string of the molecule is C=C(N1CCN(C#N)CC1)N1CCOc2cc(C)ccc21. The molecule has 2 heterocycles. The highest BCUT2D eigenvalue weighted by atomic mass is 16.5. The van der Waals surface area contributed by atoms with Gasteiger partial charge in [0.2, 0.25) is 0 Å². The number of anilines is 1. The van der Waals surface area contributed by atoms with Gasteiger partial charge in [-0.25, -0.2) is 0 Å². The molecule has 1 aromatic carbocycles. The molecule has 0 unspecified atom stereocenters. The van der Waals surface area contributed by atoms with Crippen LogP contribution in [0, 0.1) is 18.4 Å². The summed E-state index contributed by atoms with van der Waals surface area (Å²) in [4.78, 5) is 6.27. The molecular weight excluding hydrogens is 264 g/mol. The smallest absolute Gasteiger partial charge is 0.179 e. The van der Waals surface area contributed by atoms with E-state index in [-0.39, 0.29) is 0 Å². The van der Waals surface area contributed by atoms with Gasteiger partial charge in [0.05, 0.1) is 12.2 Å². The highest BCUT2D eigenvalue weighted by Gasteiger charge is 2.25. The van der Waals surface area contributed by atoms with Gasteiger partial charge in [0.15, 0.2) is 6.19 Å². The van der Waals surface area contributed by atoms with E-state index in [2.05, 4.69) is 47.7 Å². The largest absolute Gasteiger partial charge is 0.490 e. The summed E-state index contributed by atoms with van der Waals surface area (Å²) in [6, 6.07) is 6.27. The minimum atomic E-state index is 0.674. The van der Waals surface area contributed by atoms with Crippen molar-refractivity contribution >= 4 is 5.69 Å². The molecule has 1 fully saturated rings. The number of hydrogen-bond donors (Lipinski definition) is 0. The van der Waals surface area contributed by atoms with Crippen LogP contribution in [0.1, 0.15) is 5.56 Å². The van der Waals surface area contributed by atoms with Gasteiger partial charge in [-0.05, 0) is 24.6 Å². The summed E-state index contributed by atoms with van der Waals surface area (Å²) in [6.07, 6.45) is 2.21. The first-order chi connectivity index (χ1) is 10.2. The van der Waals surface area contributed by atoms with Crippen molar-refractivity contribution in [3.63, 3.8) is 0 Å². The van der Waals surface area contributed by atoms with Gasteiger partial charge in [0, 0.05) is 26.2 Å². The Labute approximate surface area is 125 Å². The van der Waals surface area contributed by atoms with Crippen molar-refractivity contribution in [3.05, 3.63) is 36.2 Å². The van der Waals surface area contributed by atoms with E-state index in [0.717, 1.165) is 50.0 Å². The Morgan fingerprint density at radius 3 is 2.71 bits per heavy atom. The van der Waals surface area contributed by atoms with E-state index in [1.165, 1.54) is 5.56 Å². The zero-order valence-electron chi connectivity index (χ0n) is 12.4. The lowest BCUT2D eigenvalue weighted by Crippen LogP contribution is -2.48. The molecule has 21 heavy (non-hydrogen) atoms. The molecule has 0 atom stereocenters. The number of ether oxygens (including phenoxy) is 1. The predicted molar refractivity (Wildman–Crippen MR) is 81.9 cm³/mol. The average molecular weight is 284 g/mol. The van der Waals surface area contributed by atoms with Crippen molar-refractivity contribution in [2.45, 2.75) is 6.92 Å². The van der Waals surface area contributed by atoms with Crippen LogP contribution in [0.2, 0.25) is 0 Å². The zero-order valence-corrected chi connectivity index (χ0v) is 12.4. The maximum atomic E-state index is 8.93. The summed E-state index contributed by atoms with van der Waals surface area (Å²) in [6.45, 7) is 11.0. The number of piperazine rings is 1. The van der Waals surface area contributed by atoms with Gasteiger partial charge in [0.25, 0.3) is 0 Å². The van der Waals surface area contributed by atoms with E-state index in [9.17, 15) is 0 Å². The summed E-state index contributed by atoms with van der Waals surface area (Å²) in [5.74, 6) is 1.93. The highest BCUT2D eigenvalue weighted by molar-refractivity contribution is 5.64. The lowest BCUT2D eigenvalue weighted by atomic mass is 10.1. The molecule has 5 heteroatoms. The average Bonchev–Trinajstić information content (AvgIpc) is 2.53. The van der Waals surface area contributed by atoms with Crippen LogP contribution in [0.25, 0.3) is 0 Å². The quantitative estimate of drug-likeness (QED) is 0.774. The molecule has 0 bridgehead atoms. The van der Waals surface area contributed by atoms with Gasteiger partial charge in [0.1, 0.15) is 18.2 Å². The summed E-state index contributed by atoms with van der Waals surface area (Å²) in [5, 5.41) is 8.93. The molecule has 2 aliphatic rings. The van der Waals surface area contributed by atoms with Crippen LogP contribution >= 0.6 is 0 Å². The molecule has 1 saturated heterocycles. The Bertz CT molecular complexity index is 584. The molecular formula is C16H20N4O. The summed E-state index contributed by atoms with van der Waals surface area (Å²) in [5.41, 5.74) is 2.28. The molecule has 2 aliphatic heterocycles. The Balaban J connectivity index is 1.76. The van der Waals surface area contributed by atoms with Gasteiger partial charge in [-0.3, -0.25) is 0 Å². The van der Waals surface area contributed by atoms with Crippen molar-refractivity contribution in [2.75, 3.05) is 44.2 Å². The van der Waals surface area contributed by atoms with Crippen LogP contribution in [-0.2, 0) is 0 Å². The van der Waals surface area contributed by atoms with Crippen molar-refractivity contribution in [1.82, 2.24) is 9.80 Å². The minimum Gasteiger partial charge on any atom is -0.490 e. The molecule has 0 aliphatic carbocycles. The third kappa shape index (κ3) is 2.62. The van der Waals surface area contributed by atoms with Crippen molar-refractivity contribution in [2.24, 2.45) is 0 Å². The monoisotopic (exact) mass is 284 g/mol. The fraction of sp³-hybridized carbons (Fsp3) is 0.438. The Morgan fingerprint density at radius 1 is 1.24 bits per heavy atom. The molecule has 0 aromatic heterocycles. The molecule has 0 radical (unpaired) electrons. The Morgan fingerprint density at radius 2 is 2.00 bits per heavy atom. The van der Waals surface area contributed by atoms with Crippen molar-refractivity contribution in [1.29, 1.82) is 5.26 Å². The molecule has 0 amide bonds. The summed E-state index contributed by atoms with van der Waals surface area (Å²) >= 11 is 0. The fourth-order valence-corrected chi connectivity index (χ4v) is 2.83. The van der Waals surface area contributed by atoms with Gasteiger partial charge in [-0.1, -0.05) is 12.6 Å². The number of fused-ring (bicyclic) bond motifs is 1. The second kappa shape index (κ2) is 5.57. The predicted octanol–water partition coefficient (Wildman–Crippen LogP) is 1.76. The van der Waals surface area contributed by atoms with Crippen LogP contribution in [0.5, 0.6) is 5.75 Å². The van der Waals surface area contributed by atoms with E-state index in [1.54, 1.807) is 4.90 Å². The minimum absolute atomic E-state index is 0.674. The molecule has 0 N–H and O–H groups in total. The summed E-state index contributed by atoms with van der Waals surface area (Å²) < 4.78 is 5.75. The van der Waals surface area contributed by atoms with Crippen LogP contribution in [-0.4, -0.2) is 49.1 Å². The number of nitriles is 1. The van der Waals surface area contributed by atoms with Crippen LogP contribution in [0.15, 0.2) is 30.6 Å². The molecule has 110 valence electrons. The first kappa shape index (κ1) is 13.6. The first-order valence-electron chi connectivity index (χ1n) is 7.28. The molecule has 5 nitrogen and oxygen atoms in total. The number of rotatable bonds is 2. The number of benzene rings is 1.